The first-order valence-corrected chi connectivity index (χ1v) is 14.5. The van der Waals surface area contributed by atoms with Gasteiger partial charge in [0.05, 0.1) is 48.6 Å². The van der Waals surface area contributed by atoms with E-state index < -0.39 is 29.3 Å². The van der Waals surface area contributed by atoms with Gasteiger partial charge in [-0.1, -0.05) is 29.3 Å². The molecule has 2 rings (SSSR count). The van der Waals surface area contributed by atoms with E-state index in [1.807, 2.05) is 6.07 Å². The van der Waals surface area contributed by atoms with Gasteiger partial charge in [-0.2, -0.15) is 0 Å². The molecule has 42 heavy (non-hydrogen) atoms. The van der Waals surface area contributed by atoms with E-state index in [1.165, 1.54) is 4.90 Å². The summed E-state index contributed by atoms with van der Waals surface area (Å²) in [5, 5.41) is 19.0. The fraction of sp³-hybridized carbons (Fsp3) is 0.571. The van der Waals surface area contributed by atoms with Crippen molar-refractivity contribution in [3.05, 3.63) is 45.1 Å². The standard InChI is InChI=1S/C28H40Cl2N4O8/c1-28(2,3)42-27(39)33-10-8-23(35)31-11-13-40-15-16-41-14-12-34-18-20(24(36)26(34)38)25(37)32-9-4-5-19-6-7-21(29)22(30)17-19/h6-7,17,36H,4-5,8-16,18H2,1-3H3,(H,31,35)(H,32,37)(H,33,39). The molecule has 0 saturated carbocycles. The number of aliphatic hydroxyl groups excluding tert-OH is 1. The zero-order valence-corrected chi connectivity index (χ0v) is 25.7. The van der Waals surface area contributed by atoms with Gasteiger partial charge >= 0.3 is 6.09 Å². The van der Waals surface area contributed by atoms with Crippen molar-refractivity contribution in [3.8, 4) is 0 Å². The third-order valence-corrected chi connectivity index (χ3v) is 6.52. The molecule has 1 aromatic rings. The Kier molecular flexibility index (Phi) is 14.9. The Bertz CT molecular complexity index is 1120. The molecule has 0 aliphatic carbocycles. The summed E-state index contributed by atoms with van der Waals surface area (Å²) in [5.74, 6) is -1.89. The van der Waals surface area contributed by atoms with E-state index in [4.69, 9.17) is 37.4 Å². The number of ether oxygens (including phenoxy) is 3. The summed E-state index contributed by atoms with van der Waals surface area (Å²) in [6.07, 6.45) is 0.865. The quantitative estimate of drug-likeness (QED) is 0.192. The molecule has 1 aliphatic rings. The first-order chi connectivity index (χ1) is 19.9. The molecule has 234 valence electrons. The molecule has 14 heteroatoms. The minimum atomic E-state index is -0.618. The van der Waals surface area contributed by atoms with Crippen LogP contribution in [0.1, 0.15) is 39.2 Å². The topological polar surface area (TPSA) is 156 Å². The van der Waals surface area contributed by atoms with Gasteiger partial charge in [0, 0.05) is 32.6 Å². The third-order valence-electron chi connectivity index (χ3n) is 5.78. The van der Waals surface area contributed by atoms with E-state index in [9.17, 15) is 24.3 Å². The van der Waals surface area contributed by atoms with Gasteiger partial charge in [0.1, 0.15) is 5.60 Å². The summed E-state index contributed by atoms with van der Waals surface area (Å²) in [7, 11) is 0. The second-order valence-electron chi connectivity index (χ2n) is 10.4. The summed E-state index contributed by atoms with van der Waals surface area (Å²) in [6, 6.07) is 5.36. The van der Waals surface area contributed by atoms with E-state index in [1.54, 1.807) is 32.9 Å². The Morgan fingerprint density at radius 3 is 2.36 bits per heavy atom. The van der Waals surface area contributed by atoms with Gasteiger partial charge in [0.25, 0.3) is 11.8 Å². The lowest BCUT2D eigenvalue weighted by Gasteiger charge is -2.19. The number of nitrogens with one attached hydrogen (secondary N) is 3. The Balaban J connectivity index is 1.50. The van der Waals surface area contributed by atoms with Crippen LogP contribution in [-0.2, 0) is 35.0 Å². The molecule has 0 saturated heterocycles. The van der Waals surface area contributed by atoms with Crippen LogP contribution < -0.4 is 16.0 Å². The van der Waals surface area contributed by atoms with Crippen molar-refractivity contribution >= 4 is 47.0 Å². The van der Waals surface area contributed by atoms with Crippen LogP contribution in [0.4, 0.5) is 4.79 Å². The second-order valence-corrected chi connectivity index (χ2v) is 11.2. The first kappa shape index (κ1) is 35.1. The van der Waals surface area contributed by atoms with Crippen LogP contribution in [0.2, 0.25) is 10.0 Å². The predicted octanol–water partition coefficient (Wildman–Crippen LogP) is 2.76. The molecule has 12 nitrogen and oxygen atoms in total. The van der Waals surface area contributed by atoms with Crippen LogP contribution in [0.25, 0.3) is 0 Å². The van der Waals surface area contributed by atoms with Crippen LogP contribution in [-0.4, -0.2) is 98.6 Å². The highest BCUT2D eigenvalue weighted by Crippen LogP contribution is 2.23. The highest BCUT2D eigenvalue weighted by Gasteiger charge is 2.33. The Labute approximate surface area is 256 Å². The van der Waals surface area contributed by atoms with Crippen molar-refractivity contribution < 1.29 is 38.5 Å². The molecule has 0 radical (unpaired) electrons. The number of benzene rings is 1. The van der Waals surface area contributed by atoms with Gasteiger partial charge in [-0.15, -0.1) is 0 Å². The maximum atomic E-state index is 12.5. The lowest BCUT2D eigenvalue weighted by Crippen LogP contribution is -2.35. The van der Waals surface area contributed by atoms with Gasteiger partial charge in [-0.3, -0.25) is 14.4 Å². The Hall–Kier alpha value is -3.06. The number of hydrogen-bond acceptors (Lipinski definition) is 8. The predicted molar refractivity (Wildman–Crippen MR) is 158 cm³/mol. The molecule has 0 aromatic heterocycles. The molecule has 4 N–H and O–H groups in total. The Morgan fingerprint density at radius 1 is 0.952 bits per heavy atom. The molecule has 0 fully saturated rings. The Morgan fingerprint density at radius 2 is 1.67 bits per heavy atom. The minimum absolute atomic E-state index is 0.00383. The number of hydrogen-bond donors (Lipinski definition) is 4. The van der Waals surface area contributed by atoms with Gasteiger partial charge < -0.3 is 40.2 Å². The van der Waals surface area contributed by atoms with Gasteiger partial charge in [0.15, 0.2) is 5.76 Å². The van der Waals surface area contributed by atoms with Crippen LogP contribution in [0, 0.1) is 0 Å². The van der Waals surface area contributed by atoms with Gasteiger partial charge in [-0.05, 0) is 51.3 Å². The van der Waals surface area contributed by atoms with E-state index >= 15 is 0 Å². The summed E-state index contributed by atoms with van der Waals surface area (Å²) in [4.78, 5) is 49.5. The molecule has 1 aliphatic heterocycles. The summed E-state index contributed by atoms with van der Waals surface area (Å²) in [5.41, 5.74) is 0.416. The van der Waals surface area contributed by atoms with Crippen molar-refractivity contribution in [1.82, 2.24) is 20.9 Å². The van der Waals surface area contributed by atoms with E-state index in [0.717, 1.165) is 5.56 Å². The second kappa shape index (κ2) is 17.8. The molecule has 4 amide bonds. The largest absolute Gasteiger partial charge is 0.503 e. The van der Waals surface area contributed by atoms with Crippen LogP contribution >= 0.6 is 23.2 Å². The number of amides is 4. The van der Waals surface area contributed by atoms with Crippen molar-refractivity contribution in [1.29, 1.82) is 0 Å². The van der Waals surface area contributed by atoms with Crippen molar-refractivity contribution in [2.45, 2.75) is 45.6 Å². The number of nitrogens with zero attached hydrogens (tertiary/aromatic N) is 1. The lowest BCUT2D eigenvalue weighted by molar-refractivity contribution is -0.128. The summed E-state index contributed by atoms with van der Waals surface area (Å²) >= 11 is 11.9. The van der Waals surface area contributed by atoms with Crippen molar-refractivity contribution in [3.63, 3.8) is 0 Å². The molecular weight excluding hydrogens is 591 g/mol. The SMILES string of the molecule is CC(C)(C)OC(=O)NCCC(=O)NCCOCCOCCN1CC(C(=O)NCCCc2ccc(Cl)c(Cl)c2)=C(O)C1=O. The average Bonchev–Trinajstić information content (AvgIpc) is 3.19. The number of aliphatic hydroxyl groups is 1. The van der Waals surface area contributed by atoms with Crippen molar-refractivity contribution in [2.75, 3.05) is 59.2 Å². The fourth-order valence-electron chi connectivity index (χ4n) is 3.71. The molecule has 0 unspecified atom stereocenters. The monoisotopic (exact) mass is 630 g/mol. The minimum Gasteiger partial charge on any atom is -0.503 e. The maximum Gasteiger partial charge on any atom is 0.407 e. The first-order valence-electron chi connectivity index (χ1n) is 13.7. The van der Waals surface area contributed by atoms with Gasteiger partial charge in [-0.25, -0.2) is 4.79 Å². The highest BCUT2D eigenvalue weighted by molar-refractivity contribution is 6.42. The van der Waals surface area contributed by atoms with Gasteiger partial charge in [0.2, 0.25) is 5.91 Å². The maximum absolute atomic E-state index is 12.5. The molecule has 0 atom stereocenters. The van der Waals surface area contributed by atoms with E-state index in [2.05, 4.69) is 16.0 Å². The smallest absolute Gasteiger partial charge is 0.407 e. The lowest BCUT2D eigenvalue weighted by atomic mass is 10.1. The van der Waals surface area contributed by atoms with Crippen molar-refractivity contribution in [2.24, 2.45) is 0 Å². The zero-order chi connectivity index (χ0) is 31.1. The average molecular weight is 632 g/mol. The van der Waals surface area contributed by atoms with E-state index in [-0.39, 0.29) is 64.0 Å². The number of rotatable bonds is 17. The molecular formula is C28H40Cl2N4O8. The fourth-order valence-corrected chi connectivity index (χ4v) is 4.03. The molecule has 0 spiro atoms. The summed E-state index contributed by atoms with van der Waals surface area (Å²) in [6.45, 7) is 7.31. The number of carbonyl (C=O) groups is 4. The zero-order valence-electron chi connectivity index (χ0n) is 24.2. The molecule has 1 aromatic carbocycles. The highest BCUT2D eigenvalue weighted by atomic mass is 35.5. The number of carbonyl (C=O) groups excluding carboxylic acids is 4. The number of halogens is 2. The normalized spacial score (nSPS) is 13.4. The van der Waals surface area contributed by atoms with E-state index in [0.29, 0.717) is 36.0 Å². The van der Waals surface area contributed by atoms with Crippen LogP contribution in [0.5, 0.6) is 0 Å². The molecule has 1 heterocycles. The summed E-state index contributed by atoms with van der Waals surface area (Å²) < 4.78 is 16.0. The van der Waals surface area contributed by atoms with Crippen LogP contribution in [0.15, 0.2) is 29.5 Å². The van der Waals surface area contributed by atoms with Crippen LogP contribution in [0.3, 0.4) is 0 Å². The number of aryl methyl sites for hydroxylation is 1. The molecule has 0 bridgehead atoms. The number of alkyl carbamates (subject to hydrolysis) is 1. The third kappa shape index (κ3) is 13.3.